The largest absolute Gasteiger partial charge is 0.391 e. The fourth-order valence-electron chi connectivity index (χ4n) is 1.44. The summed E-state index contributed by atoms with van der Waals surface area (Å²) in [6.07, 6.45) is -0.588. The Morgan fingerprint density at radius 3 is 2.65 bits per heavy atom. The molecule has 0 saturated heterocycles. The maximum absolute atomic E-state index is 11.6. The number of aliphatic hydroxyl groups excluding tert-OH is 1. The average molecular weight is 300 g/mol. The van der Waals surface area contributed by atoms with E-state index in [1.54, 1.807) is 6.07 Å². The number of amides is 1. The van der Waals surface area contributed by atoms with Crippen LogP contribution in [0.3, 0.4) is 0 Å². The van der Waals surface area contributed by atoms with Crippen molar-refractivity contribution in [2.24, 2.45) is 5.41 Å². The van der Waals surface area contributed by atoms with Crippen LogP contribution in [0.4, 0.5) is 0 Å². The number of aliphatic hydroxyl groups is 1. The van der Waals surface area contributed by atoms with Crippen LogP contribution in [0.1, 0.15) is 26.3 Å². The van der Waals surface area contributed by atoms with Crippen molar-refractivity contribution in [1.29, 1.82) is 0 Å². The number of carbonyl (C=O) groups excluding carboxylic acids is 1. The first-order chi connectivity index (χ1) is 9.30. The Kier molecular flexibility index (Phi) is 6.46. The zero-order valence-corrected chi connectivity index (χ0v) is 12.9. The van der Waals surface area contributed by atoms with E-state index in [0.717, 1.165) is 5.56 Å². The standard InChI is InChI=1S/C15H22ClNO3/c1-15(2,3)13(18)8-17-14(19)10-20-9-11-6-4-5-7-12(11)16/h4-7,13,18H,8-10H2,1-3H3,(H,17,19). The quantitative estimate of drug-likeness (QED) is 0.848. The number of carbonyl (C=O) groups is 1. The van der Waals surface area contributed by atoms with Gasteiger partial charge in [-0.15, -0.1) is 0 Å². The minimum absolute atomic E-state index is 0.0535. The van der Waals surface area contributed by atoms with Gasteiger partial charge in [0.25, 0.3) is 0 Å². The highest BCUT2D eigenvalue weighted by molar-refractivity contribution is 6.31. The SMILES string of the molecule is CC(C)(C)C(O)CNC(=O)COCc1ccccc1Cl. The van der Waals surface area contributed by atoms with E-state index in [2.05, 4.69) is 5.32 Å². The number of ether oxygens (including phenoxy) is 1. The molecule has 0 aromatic heterocycles. The van der Waals surface area contributed by atoms with Crippen LogP contribution in [0.15, 0.2) is 24.3 Å². The van der Waals surface area contributed by atoms with E-state index in [-0.39, 0.29) is 31.1 Å². The number of hydrogen-bond donors (Lipinski definition) is 2. The van der Waals surface area contributed by atoms with Crippen LogP contribution < -0.4 is 5.32 Å². The lowest BCUT2D eigenvalue weighted by Gasteiger charge is -2.25. The van der Waals surface area contributed by atoms with E-state index in [9.17, 15) is 9.90 Å². The van der Waals surface area contributed by atoms with Gasteiger partial charge >= 0.3 is 0 Å². The fourth-order valence-corrected chi connectivity index (χ4v) is 1.63. The summed E-state index contributed by atoms with van der Waals surface area (Å²) < 4.78 is 5.30. The van der Waals surface area contributed by atoms with E-state index < -0.39 is 6.10 Å². The van der Waals surface area contributed by atoms with Crippen molar-refractivity contribution in [3.63, 3.8) is 0 Å². The highest BCUT2D eigenvalue weighted by Crippen LogP contribution is 2.18. The van der Waals surface area contributed by atoms with Crippen molar-refractivity contribution in [3.8, 4) is 0 Å². The lowest BCUT2D eigenvalue weighted by atomic mass is 9.89. The Morgan fingerprint density at radius 2 is 2.05 bits per heavy atom. The van der Waals surface area contributed by atoms with Gasteiger partial charge in [0.2, 0.25) is 5.91 Å². The van der Waals surface area contributed by atoms with Crippen molar-refractivity contribution >= 4 is 17.5 Å². The first-order valence-electron chi connectivity index (χ1n) is 6.56. The summed E-state index contributed by atoms with van der Waals surface area (Å²) in [4.78, 5) is 11.6. The van der Waals surface area contributed by atoms with E-state index >= 15 is 0 Å². The summed E-state index contributed by atoms with van der Waals surface area (Å²) in [6.45, 7) is 6.20. The molecule has 4 nitrogen and oxygen atoms in total. The Hall–Kier alpha value is -1.10. The van der Waals surface area contributed by atoms with E-state index in [1.165, 1.54) is 0 Å². The molecule has 2 N–H and O–H groups in total. The molecule has 20 heavy (non-hydrogen) atoms. The maximum atomic E-state index is 11.6. The molecule has 0 fully saturated rings. The normalized spacial score (nSPS) is 13.1. The summed E-state index contributed by atoms with van der Waals surface area (Å²) >= 11 is 5.98. The molecule has 112 valence electrons. The molecule has 0 heterocycles. The molecule has 0 bridgehead atoms. The number of benzene rings is 1. The maximum Gasteiger partial charge on any atom is 0.246 e. The number of rotatable bonds is 6. The summed E-state index contributed by atoms with van der Waals surface area (Å²) in [5.74, 6) is -0.250. The van der Waals surface area contributed by atoms with E-state index in [4.69, 9.17) is 16.3 Å². The summed E-state index contributed by atoms with van der Waals surface area (Å²) in [5.41, 5.74) is 0.586. The molecule has 1 atom stereocenters. The van der Waals surface area contributed by atoms with Gasteiger partial charge < -0.3 is 15.2 Å². The first-order valence-corrected chi connectivity index (χ1v) is 6.94. The minimum atomic E-state index is -0.588. The summed E-state index contributed by atoms with van der Waals surface area (Å²) in [7, 11) is 0. The van der Waals surface area contributed by atoms with Crippen molar-refractivity contribution in [3.05, 3.63) is 34.9 Å². The molecule has 5 heteroatoms. The Bertz CT molecular complexity index is 443. The van der Waals surface area contributed by atoms with Crippen LogP contribution in [0.25, 0.3) is 0 Å². The molecule has 1 rings (SSSR count). The third-order valence-electron chi connectivity index (χ3n) is 2.94. The van der Waals surface area contributed by atoms with Crippen LogP contribution in [-0.4, -0.2) is 30.3 Å². The molecular weight excluding hydrogens is 278 g/mol. The zero-order chi connectivity index (χ0) is 15.2. The Balaban J connectivity index is 2.26. The van der Waals surface area contributed by atoms with E-state index in [1.807, 2.05) is 39.0 Å². The minimum Gasteiger partial charge on any atom is -0.391 e. The Morgan fingerprint density at radius 1 is 1.40 bits per heavy atom. The smallest absolute Gasteiger partial charge is 0.246 e. The topological polar surface area (TPSA) is 58.6 Å². The third kappa shape index (κ3) is 5.90. The molecule has 0 aliphatic rings. The molecule has 1 aromatic rings. The van der Waals surface area contributed by atoms with Crippen molar-refractivity contribution in [2.45, 2.75) is 33.5 Å². The monoisotopic (exact) mass is 299 g/mol. The van der Waals surface area contributed by atoms with Crippen LogP contribution >= 0.6 is 11.6 Å². The lowest BCUT2D eigenvalue weighted by molar-refractivity contribution is -0.126. The summed E-state index contributed by atoms with van der Waals surface area (Å²) in [6, 6.07) is 7.33. The van der Waals surface area contributed by atoms with Crippen molar-refractivity contribution < 1.29 is 14.6 Å². The second-order valence-corrected chi connectivity index (χ2v) is 6.18. The van der Waals surface area contributed by atoms with Gasteiger partial charge in [-0.3, -0.25) is 4.79 Å². The van der Waals surface area contributed by atoms with Crippen molar-refractivity contribution in [2.75, 3.05) is 13.2 Å². The predicted molar refractivity (Wildman–Crippen MR) is 79.6 cm³/mol. The zero-order valence-electron chi connectivity index (χ0n) is 12.1. The molecule has 1 aromatic carbocycles. The van der Waals surface area contributed by atoms with Crippen LogP contribution in [-0.2, 0) is 16.1 Å². The van der Waals surface area contributed by atoms with Crippen LogP contribution in [0.2, 0.25) is 5.02 Å². The second kappa shape index (κ2) is 7.62. The molecule has 0 aliphatic heterocycles. The van der Waals surface area contributed by atoms with Gasteiger partial charge in [0.15, 0.2) is 0 Å². The molecule has 0 radical (unpaired) electrons. The number of hydrogen-bond acceptors (Lipinski definition) is 3. The molecule has 1 unspecified atom stereocenters. The highest BCUT2D eigenvalue weighted by atomic mass is 35.5. The van der Waals surface area contributed by atoms with Gasteiger partial charge in [0.05, 0.1) is 12.7 Å². The van der Waals surface area contributed by atoms with Crippen LogP contribution in [0, 0.1) is 5.41 Å². The average Bonchev–Trinajstić information content (AvgIpc) is 2.37. The number of halogens is 1. The highest BCUT2D eigenvalue weighted by Gasteiger charge is 2.22. The van der Waals surface area contributed by atoms with Gasteiger partial charge in [0.1, 0.15) is 6.61 Å². The molecule has 0 saturated carbocycles. The third-order valence-corrected chi connectivity index (χ3v) is 3.31. The van der Waals surface area contributed by atoms with Crippen molar-refractivity contribution in [1.82, 2.24) is 5.32 Å². The predicted octanol–water partition coefficient (Wildman–Crippen LogP) is 2.38. The molecule has 0 aliphatic carbocycles. The Labute approximate surface area is 125 Å². The first kappa shape index (κ1) is 17.0. The number of nitrogens with one attached hydrogen (secondary N) is 1. The molecular formula is C15H22ClNO3. The van der Waals surface area contributed by atoms with Crippen LogP contribution in [0.5, 0.6) is 0 Å². The molecule has 1 amide bonds. The summed E-state index contributed by atoms with van der Waals surface area (Å²) in [5, 5.41) is 13.1. The van der Waals surface area contributed by atoms with Gasteiger partial charge in [-0.1, -0.05) is 50.6 Å². The fraction of sp³-hybridized carbons (Fsp3) is 0.533. The second-order valence-electron chi connectivity index (χ2n) is 5.77. The van der Waals surface area contributed by atoms with Gasteiger partial charge in [-0.2, -0.15) is 0 Å². The van der Waals surface area contributed by atoms with Gasteiger partial charge in [-0.05, 0) is 17.0 Å². The molecule has 0 spiro atoms. The lowest BCUT2D eigenvalue weighted by Crippen LogP contribution is -2.40. The van der Waals surface area contributed by atoms with Gasteiger partial charge in [-0.25, -0.2) is 0 Å². The van der Waals surface area contributed by atoms with E-state index in [0.29, 0.717) is 5.02 Å². The van der Waals surface area contributed by atoms with Gasteiger partial charge in [0, 0.05) is 11.6 Å².